The molecule has 0 aliphatic carbocycles. The van der Waals surface area contributed by atoms with Gasteiger partial charge in [-0.05, 0) is 55.3 Å². The van der Waals surface area contributed by atoms with E-state index in [1.807, 2.05) is 6.20 Å². The monoisotopic (exact) mass is 357 g/mol. The van der Waals surface area contributed by atoms with Crippen LogP contribution >= 0.6 is 11.3 Å². The van der Waals surface area contributed by atoms with Crippen molar-refractivity contribution in [2.24, 2.45) is 4.99 Å². The van der Waals surface area contributed by atoms with Crippen LogP contribution in [0.2, 0.25) is 0 Å². The Morgan fingerprint density at radius 3 is 2.92 bits per heavy atom. The van der Waals surface area contributed by atoms with E-state index >= 15 is 0 Å². The molecule has 1 aliphatic rings. The molecule has 0 bridgehead atoms. The van der Waals surface area contributed by atoms with Crippen LogP contribution in [0.3, 0.4) is 0 Å². The van der Waals surface area contributed by atoms with Gasteiger partial charge in [-0.3, -0.25) is 0 Å². The Labute approximate surface area is 154 Å². The molecule has 1 fully saturated rings. The number of pyridine rings is 1. The predicted molar refractivity (Wildman–Crippen MR) is 107 cm³/mol. The molecule has 0 aromatic carbocycles. The van der Waals surface area contributed by atoms with Gasteiger partial charge in [0.2, 0.25) is 0 Å². The van der Waals surface area contributed by atoms with Gasteiger partial charge < -0.3 is 15.5 Å². The first-order valence-corrected chi connectivity index (χ1v) is 9.97. The largest absolute Gasteiger partial charge is 0.357 e. The molecular weight excluding hydrogens is 330 g/mol. The molecule has 134 valence electrons. The van der Waals surface area contributed by atoms with Crippen molar-refractivity contribution in [1.82, 2.24) is 15.6 Å². The molecule has 2 N–H and O–H groups in total. The van der Waals surface area contributed by atoms with E-state index in [-0.39, 0.29) is 0 Å². The van der Waals surface area contributed by atoms with E-state index in [1.165, 1.54) is 23.3 Å². The van der Waals surface area contributed by atoms with Crippen molar-refractivity contribution in [1.29, 1.82) is 0 Å². The fourth-order valence-electron chi connectivity index (χ4n) is 2.95. The first-order valence-electron chi connectivity index (χ1n) is 9.09. The molecule has 0 amide bonds. The van der Waals surface area contributed by atoms with Gasteiger partial charge >= 0.3 is 0 Å². The summed E-state index contributed by atoms with van der Waals surface area (Å²) in [5.74, 6) is 1.96. The van der Waals surface area contributed by atoms with E-state index in [0.717, 1.165) is 44.4 Å². The van der Waals surface area contributed by atoms with Crippen molar-refractivity contribution in [3.63, 3.8) is 0 Å². The van der Waals surface area contributed by atoms with E-state index in [2.05, 4.69) is 57.1 Å². The molecule has 5 nitrogen and oxygen atoms in total. The summed E-state index contributed by atoms with van der Waals surface area (Å²) in [7, 11) is 0. The number of rotatable bonds is 7. The topological polar surface area (TPSA) is 52.6 Å². The van der Waals surface area contributed by atoms with E-state index in [0.29, 0.717) is 6.54 Å². The number of nitrogens with zero attached hydrogens (tertiary/aromatic N) is 3. The Balaban J connectivity index is 1.55. The Kier molecular flexibility index (Phi) is 6.68. The number of hydrogen-bond acceptors (Lipinski definition) is 4. The highest BCUT2D eigenvalue weighted by Crippen LogP contribution is 2.18. The van der Waals surface area contributed by atoms with Crippen LogP contribution in [0, 0.1) is 0 Å². The summed E-state index contributed by atoms with van der Waals surface area (Å²) in [5, 5.41) is 8.86. The number of nitrogens with one attached hydrogen (secondary N) is 2. The third-order valence-electron chi connectivity index (χ3n) is 4.25. The molecular formula is C19H27N5S. The van der Waals surface area contributed by atoms with Crippen LogP contribution in [0.5, 0.6) is 0 Å². The highest BCUT2D eigenvalue weighted by atomic mass is 32.1. The molecule has 0 unspecified atom stereocenters. The highest BCUT2D eigenvalue weighted by Gasteiger charge is 2.13. The Morgan fingerprint density at radius 1 is 1.28 bits per heavy atom. The van der Waals surface area contributed by atoms with Gasteiger partial charge in [0.15, 0.2) is 5.96 Å². The first-order chi connectivity index (χ1) is 12.3. The van der Waals surface area contributed by atoms with Crippen LogP contribution in [0.25, 0.3) is 0 Å². The van der Waals surface area contributed by atoms with Gasteiger partial charge in [0.05, 0.1) is 6.54 Å². The molecule has 0 radical (unpaired) electrons. The number of aliphatic imine (C=N–C) groups is 1. The lowest BCUT2D eigenvalue weighted by Gasteiger charge is -2.16. The van der Waals surface area contributed by atoms with Crippen LogP contribution in [-0.2, 0) is 13.0 Å². The zero-order valence-corrected chi connectivity index (χ0v) is 15.7. The lowest BCUT2D eigenvalue weighted by atomic mass is 10.2. The van der Waals surface area contributed by atoms with Gasteiger partial charge in [-0.25, -0.2) is 9.98 Å². The van der Waals surface area contributed by atoms with Gasteiger partial charge in [-0.2, -0.15) is 0 Å². The van der Waals surface area contributed by atoms with Gasteiger partial charge in [0, 0.05) is 37.3 Å². The number of hydrogen-bond donors (Lipinski definition) is 2. The quantitative estimate of drug-likeness (QED) is 0.591. The summed E-state index contributed by atoms with van der Waals surface area (Å²) in [6.07, 6.45) is 5.46. The zero-order valence-electron chi connectivity index (χ0n) is 14.9. The molecule has 6 heteroatoms. The number of thiophene rings is 1. The van der Waals surface area contributed by atoms with E-state index < -0.39 is 0 Å². The maximum atomic E-state index is 4.72. The van der Waals surface area contributed by atoms with Crippen molar-refractivity contribution >= 4 is 23.1 Å². The van der Waals surface area contributed by atoms with E-state index in [9.17, 15) is 0 Å². The Bertz CT molecular complexity index is 662. The summed E-state index contributed by atoms with van der Waals surface area (Å²) in [5.41, 5.74) is 1.20. The van der Waals surface area contributed by atoms with Gasteiger partial charge in [-0.15, -0.1) is 11.3 Å². The second-order valence-corrected chi connectivity index (χ2v) is 7.20. The van der Waals surface area contributed by atoms with Gasteiger partial charge in [0.1, 0.15) is 5.82 Å². The lowest BCUT2D eigenvalue weighted by molar-refractivity contribution is 0.804. The lowest BCUT2D eigenvalue weighted by Crippen LogP contribution is -2.38. The molecule has 0 saturated carbocycles. The van der Waals surface area contributed by atoms with Crippen LogP contribution in [0.4, 0.5) is 5.82 Å². The highest BCUT2D eigenvalue weighted by molar-refractivity contribution is 7.09. The average molecular weight is 358 g/mol. The van der Waals surface area contributed by atoms with E-state index in [4.69, 9.17) is 4.99 Å². The minimum Gasteiger partial charge on any atom is -0.357 e. The van der Waals surface area contributed by atoms with Crippen LogP contribution in [0.1, 0.15) is 30.2 Å². The zero-order chi connectivity index (χ0) is 17.3. The second kappa shape index (κ2) is 9.42. The standard InChI is InChI=1S/C19H27N5S/c1-2-20-19(22-10-8-17-6-5-13-25-17)23-15-16-7-9-21-18(14-16)24-11-3-4-12-24/h5-7,9,13-14H,2-4,8,10-12,15H2,1H3,(H2,20,22,23). The normalized spacial score (nSPS) is 14.8. The van der Waals surface area contributed by atoms with Crippen LogP contribution in [0.15, 0.2) is 40.8 Å². The summed E-state index contributed by atoms with van der Waals surface area (Å²) in [4.78, 5) is 13.0. The predicted octanol–water partition coefficient (Wildman–Crippen LogP) is 3.04. The maximum absolute atomic E-state index is 4.72. The average Bonchev–Trinajstić information content (AvgIpc) is 3.34. The molecule has 1 saturated heterocycles. The van der Waals surface area contributed by atoms with Crippen LogP contribution in [-0.4, -0.2) is 37.1 Å². The molecule has 1 aliphatic heterocycles. The third kappa shape index (κ3) is 5.46. The smallest absolute Gasteiger partial charge is 0.191 e. The fraction of sp³-hybridized carbons (Fsp3) is 0.474. The van der Waals surface area contributed by atoms with E-state index in [1.54, 1.807) is 11.3 Å². The molecule has 2 aromatic rings. The first kappa shape index (κ1) is 17.7. The summed E-state index contributed by atoms with van der Waals surface area (Å²) < 4.78 is 0. The number of aromatic nitrogens is 1. The van der Waals surface area contributed by atoms with Crippen LogP contribution < -0.4 is 15.5 Å². The summed E-state index contributed by atoms with van der Waals surface area (Å²) in [6.45, 7) is 6.74. The van der Waals surface area contributed by atoms with Gasteiger partial charge in [0.25, 0.3) is 0 Å². The Hall–Kier alpha value is -2.08. The molecule has 0 atom stereocenters. The maximum Gasteiger partial charge on any atom is 0.191 e. The fourth-order valence-corrected chi connectivity index (χ4v) is 3.66. The molecule has 25 heavy (non-hydrogen) atoms. The number of guanidine groups is 1. The number of anilines is 1. The Morgan fingerprint density at radius 2 is 2.16 bits per heavy atom. The van der Waals surface area contributed by atoms with Gasteiger partial charge in [-0.1, -0.05) is 6.07 Å². The van der Waals surface area contributed by atoms with Crippen molar-refractivity contribution in [2.75, 3.05) is 31.1 Å². The minimum absolute atomic E-state index is 0.664. The molecule has 3 rings (SSSR count). The van der Waals surface area contributed by atoms with Crippen molar-refractivity contribution in [2.45, 2.75) is 32.7 Å². The summed E-state index contributed by atoms with van der Waals surface area (Å²) in [6, 6.07) is 8.50. The molecule has 3 heterocycles. The SMILES string of the molecule is CCNC(=NCc1ccnc(N2CCCC2)c1)NCCc1cccs1. The van der Waals surface area contributed by atoms with Crippen molar-refractivity contribution in [3.05, 3.63) is 46.3 Å². The van der Waals surface area contributed by atoms with Crippen molar-refractivity contribution in [3.8, 4) is 0 Å². The third-order valence-corrected chi connectivity index (χ3v) is 5.18. The molecule has 0 spiro atoms. The minimum atomic E-state index is 0.664. The second-order valence-electron chi connectivity index (χ2n) is 6.17. The van der Waals surface area contributed by atoms with Crippen molar-refractivity contribution < 1.29 is 0 Å². The summed E-state index contributed by atoms with van der Waals surface area (Å²) >= 11 is 1.80. The molecule has 2 aromatic heterocycles.